The Morgan fingerprint density at radius 3 is 2.22 bits per heavy atom. The fourth-order valence-corrected chi connectivity index (χ4v) is 4.59. The van der Waals surface area contributed by atoms with E-state index in [1.54, 1.807) is 45.0 Å². The summed E-state index contributed by atoms with van der Waals surface area (Å²) in [6.07, 6.45) is -4.84. The topological polar surface area (TPSA) is 49.8 Å². The van der Waals surface area contributed by atoms with Crippen LogP contribution >= 0.6 is 23.4 Å². The highest BCUT2D eigenvalue weighted by Crippen LogP contribution is 2.43. The maximum Gasteiger partial charge on any atom is 0.416 e. The van der Waals surface area contributed by atoms with Gasteiger partial charge in [-0.15, -0.1) is 0 Å². The number of piperidine rings is 1. The highest BCUT2D eigenvalue weighted by molar-refractivity contribution is 7.99. The number of alkyl halides is 3. The Kier molecular flexibility index (Phi) is 7.08. The zero-order chi connectivity index (χ0) is 23.7. The first kappa shape index (κ1) is 24.7. The van der Waals surface area contributed by atoms with Crippen LogP contribution < -0.4 is 0 Å². The predicted octanol–water partition coefficient (Wildman–Crippen LogP) is 6.73. The first-order valence-electron chi connectivity index (χ1n) is 10.1. The van der Waals surface area contributed by atoms with Crippen LogP contribution in [0.25, 0.3) is 0 Å². The number of amides is 1. The summed E-state index contributed by atoms with van der Waals surface area (Å²) in [7, 11) is 0. The Hall–Kier alpha value is -1.90. The zero-order valence-corrected chi connectivity index (χ0v) is 19.6. The molecule has 0 radical (unpaired) electrons. The second kappa shape index (κ2) is 9.15. The van der Waals surface area contributed by atoms with E-state index in [0.29, 0.717) is 9.92 Å². The summed E-state index contributed by atoms with van der Waals surface area (Å²) in [6.45, 7) is 5.62. The van der Waals surface area contributed by atoms with Crippen molar-refractivity contribution in [2.24, 2.45) is 0 Å². The second-order valence-electron chi connectivity index (χ2n) is 8.76. The molecule has 1 aliphatic heterocycles. The average molecular weight is 488 g/mol. The van der Waals surface area contributed by atoms with Crippen LogP contribution in [0.1, 0.15) is 44.7 Å². The molecule has 0 aliphatic carbocycles. The Labute approximate surface area is 194 Å². The van der Waals surface area contributed by atoms with Crippen molar-refractivity contribution >= 4 is 29.5 Å². The van der Waals surface area contributed by atoms with Gasteiger partial charge in [-0.1, -0.05) is 23.4 Å². The number of likely N-dealkylation sites (tertiary alicyclic amines) is 1. The van der Waals surface area contributed by atoms with E-state index in [4.69, 9.17) is 16.3 Å². The number of hydrogen-bond acceptors (Lipinski definition) is 4. The van der Waals surface area contributed by atoms with E-state index in [-0.39, 0.29) is 31.5 Å². The van der Waals surface area contributed by atoms with Gasteiger partial charge in [0.2, 0.25) is 0 Å². The van der Waals surface area contributed by atoms with Gasteiger partial charge in [0.15, 0.2) is 0 Å². The number of hydrogen-bond donors (Lipinski definition) is 1. The highest BCUT2D eigenvalue weighted by Gasteiger charge is 2.40. The molecule has 4 nitrogen and oxygen atoms in total. The molecular formula is C23H25ClF3NO3S. The van der Waals surface area contributed by atoms with Crippen LogP contribution in [0.2, 0.25) is 5.02 Å². The summed E-state index contributed by atoms with van der Waals surface area (Å²) in [5.41, 5.74) is -2.78. The third kappa shape index (κ3) is 6.11. The monoisotopic (exact) mass is 487 g/mol. The first-order chi connectivity index (χ1) is 14.8. The third-order valence-electron chi connectivity index (χ3n) is 5.09. The van der Waals surface area contributed by atoms with E-state index in [2.05, 4.69) is 0 Å². The van der Waals surface area contributed by atoms with Crippen LogP contribution in [0.4, 0.5) is 18.0 Å². The molecule has 1 N–H and O–H groups in total. The number of rotatable bonds is 3. The average Bonchev–Trinajstić information content (AvgIpc) is 2.68. The largest absolute Gasteiger partial charge is 0.444 e. The minimum absolute atomic E-state index is 0.0989. The summed E-state index contributed by atoms with van der Waals surface area (Å²) in [4.78, 5) is 15.1. The molecule has 0 unspecified atom stereocenters. The molecule has 2 aromatic rings. The summed E-state index contributed by atoms with van der Waals surface area (Å²) < 4.78 is 45.6. The fraction of sp³-hybridized carbons (Fsp3) is 0.435. The fourth-order valence-electron chi connectivity index (χ4n) is 3.44. The Morgan fingerprint density at radius 1 is 1.09 bits per heavy atom. The summed E-state index contributed by atoms with van der Waals surface area (Å²) >= 11 is 7.18. The highest BCUT2D eigenvalue weighted by atomic mass is 35.5. The smallest absolute Gasteiger partial charge is 0.416 e. The molecule has 9 heteroatoms. The molecule has 32 heavy (non-hydrogen) atoms. The van der Waals surface area contributed by atoms with E-state index in [1.165, 1.54) is 22.7 Å². The van der Waals surface area contributed by atoms with Crippen LogP contribution in [0.5, 0.6) is 0 Å². The Bertz CT molecular complexity index is 966. The van der Waals surface area contributed by atoms with Gasteiger partial charge in [-0.25, -0.2) is 4.79 Å². The van der Waals surface area contributed by atoms with Crippen molar-refractivity contribution in [1.29, 1.82) is 0 Å². The molecule has 0 saturated carbocycles. The summed E-state index contributed by atoms with van der Waals surface area (Å²) in [6, 6.07) is 10.3. The molecule has 0 atom stereocenters. The molecule has 2 aromatic carbocycles. The van der Waals surface area contributed by atoms with Crippen LogP contribution in [0, 0.1) is 0 Å². The van der Waals surface area contributed by atoms with Crippen LogP contribution in [0.15, 0.2) is 52.3 Å². The van der Waals surface area contributed by atoms with Crippen molar-refractivity contribution in [3.05, 3.63) is 58.6 Å². The molecule has 1 fully saturated rings. The van der Waals surface area contributed by atoms with Gasteiger partial charge in [-0.2, -0.15) is 13.2 Å². The zero-order valence-electron chi connectivity index (χ0n) is 18.0. The number of ether oxygens (including phenoxy) is 1. The van der Waals surface area contributed by atoms with Gasteiger partial charge in [0.25, 0.3) is 0 Å². The van der Waals surface area contributed by atoms with Crippen molar-refractivity contribution in [1.82, 2.24) is 4.90 Å². The lowest BCUT2D eigenvalue weighted by Crippen LogP contribution is -2.47. The maximum atomic E-state index is 13.4. The molecule has 1 aliphatic rings. The van der Waals surface area contributed by atoms with Crippen molar-refractivity contribution < 1.29 is 27.8 Å². The van der Waals surface area contributed by atoms with Crippen LogP contribution in [-0.4, -0.2) is 34.8 Å². The molecule has 174 valence electrons. The van der Waals surface area contributed by atoms with E-state index >= 15 is 0 Å². The van der Waals surface area contributed by atoms with Gasteiger partial charge in [-0.3, -0.25) is 0 Å². The molecule has 0 bridgehead atoms. The number of carbonyl (C=O) groups is 1. The number of benzene rings is 2. The van der Waals surface area contributed by atoms with Gasteiger partial charge < -0.3 is 14.7 Å². The van der Waals surface area contributed by atoms with Gasteiger partial charge in [0, 0.05) is 27.9 Å². The number of aliphatic hydroxyl groups is 1. The lowest BCUT2D eigenvalue weighted by atomic mass is 9.83. The third-order valence-corrected chi connectivity index (χ3v) is 6.43. The van der Waals surface area contributed by atoms with E-state index in [9.17, 15) is 23.1 Å². The minimum Gasteiger partial charge on any atom is -0.444 e. The van der Waals surface area contributed by atoms with E-state index < -0.39 is 29.0 Å². The molecule has 3 rings (SSSR count). The quantitative estimate of drug-likeness (QED) is 0.521. The van der Waals surface area contributed by atoms with Crippen molar-refractivity contribution in [3.63, 3.8) is 0 Å². The van der Waals surface area contributed by atoms with Gasteiger partial charge in [-0.05, 0) is 81.6 Å². The number of carbonyl (C=O) groups excluding carboxylic acids is 1. The maximum absolute atomic E-state index is 13.4. The van der Waals surface area contributed by atoms with Crippen molar-refractivity contribution in [2.45, 2.75) is 60.8 Å². The molecule has 1 saturated heterocycles. The van der Waals surface area contributed by atoms with E-state index in [0.717, 1.165) is 17.0 Å². The van der Waals surface area contributed by atoms with E-state index in [1.807, 2.05) is 0 Å². The Balaban J connectivity index is 1.88. The Morgan fingerprint density at radius 2 is 1.69 bits per heavy atom. The second-order valence-corrected chi connectivity index (χ2v) is 10.3. The molecular weight excluding hydrogens is 463 g/mol. The predicted molar refractivity (Wildman–Crippen MR) is 118 cm³/mol. The first-order valence-corrected chi connectivity index (χ1v) is 11.3. The standard InChI is InChI=1S/C23H25ClF3NO3S/c1-21(2,3)31-20(29)28-12-10-22(30,11-13-28)18-14-15(23(25,26)27)4-9-19(18)32-17-7-5-16(24)6-8-17/h4-9,14,30H,10-13H2,1-3H3. The van der Waals surface area contributed by atoms with Gasteiger partial charge >= 0.3 is 12.3 Å². The number of halogens is 4. The summed E-state index contributed by atoms with van der Waals surface area (Å²) in [5, 5.41) is 11.9. The summed E-state index contributed by atoms with van der Waals surface area (Å²) in [5.74, 6) is 0. The molecule has 0 aromatic heterocycles. The molecule has 1 heterocycles. The SMILES string of the molecule is CC(C)(C)OC(=O)N1CCC(O)(c2cc(C(F)(F)F)ccc2Sc2ccc(Cl)cc2)CC1. The van der Waals surface area contributed by atoms with Gasteiger partial charge in [0.05, 0.1) is 11.2 Å². The molecule has 1 amide bonds. The number of nitrogens with zero attached hydrogens (tertiary/aromatic N) is 1. The van der Waals surface area contributed by atoms with Crippen LogP contribution in [-0.2, 0) is 16.5 Å². The lowest BCUT2D eigenvalue weighted by Gasteiger charge is -2.39. The normalized spacial score (nSPS) is 16.7. The van der Waals surface area contributed by atoms with Crippen molar-refractivity contribution in [2.75, 3.05) is 13.1 Å². The van der Waals surface area contributed by atoms with Gasteiger partial charge in [0.1, 0.15) is 5.60 Å². The lowest BCUT2D eigenvalue weighted by molar-refractivity contribution is -0.137. The minimum atomic E-state index is -4.54. The molecule has 0 spiro atoms. The van der Waals surface area contributed by atoms with Crippen molar-refractivity contribution in [3.8, 4) is 0 Å². The van der Waals surface area contributed by atoms with Crippen LogP contribution in [0.3, 0.4) is 0 Å².